The zero-order chi connectivity index (χ0) is 23.4. The molecule has 2 heterocycles. The van der Waals surface area contributed by atoms with Gasteiger partial charge in [0, 0.05) is 31.7 Å². The van der Waals surface area contributed by atoms with Gasteiger partial charge in [0.05, 0.1) is 4.91 Å². The van der Waals surface area contributed by atoms with Crippen LogP contribution in [0, 0.1) is 18.8 Å². The van der Waals surface area contributed by atoms with E-state index in [2.05, 4.69) is 13.8 Å². The minimum absolute atomic E-state index is 0. The van der Waals surface area contributed by atoms with Crippen LogP contribution in [0.4, 0.5) is 0 Å². The Balaban J connectivity index is 0.00000182. The van der Waals surface area contributed by atoms with E-state index in [1.165, 1.54) is 16.4 Å². The van der Waals surface area contributed by atoms with Gasteiger partial charge in [-0.25, -0.2) is 0 Å². The highest BCUT2D eigenvalue weighted by Gasteiger charge is 2.36. The molecular weight excluding hydrogens is 428 g/mol. The van der Waals surface area contributed by atoms with Crippen molar-refractivity contribution in [3.05, 3.63) is 52.6 Å². The number of furan rings is 1. The molecule has 3 rings (SSSR count). The number of rotatable bonds is 6. The van der Waals surface area contributed by atoms with Crippen molar-refractivity contribution in [3.63, 3.8) is 0 Å². The van der Waals surface area contributed by atoms with Crippen molar-refractivity contribution in [3.8, 4) is 11.3 Å². The first-order chi connectivity index (χ1) is 15.0. The number of aryl methyl sites for hydroxylation is 1. The summed E-state index contributed by atoms with van der Waals surface area (Å²) in [6, 6.07) is 12.0. The summed E-state index contributed by atoms with van der Waals surface area (Å²) in [5.41, 5.74) is 2.21. The number of ketones is 2. The van der Waals surface area contributed by atoms with Crippen molar-refractivity contribution in [1.29, 1.82) is 0 Å². The van der Waals surface area contributed by atoms with Crippen LogP contribution in [0.15, 0.2) is 45.7 Å². The lowest BCUT2D eigenvalue weighted by Crippen LogP contribution is -2.32. The molecule has 2 atom stereocenters. The lowest BCUT2D eigenvalue weighted by Gasteiger charge is -2.27. The van der Waals surface area contributed by atoms with Crippen LogP contribution in [0.3, 0.4) is 0 Å². The zero-order valence-corrected chi connectivity index (χ0v) is 20.9. The Morgan fingerprint density at radius 1 is 1.23 bits per heavy atom. The first kappa shape index (κ1) is 27.3. The Kier molecular flexibility index (Phi) is 12.6. The number of allylic oxidation sites excluding steroid dienone is 1. The number of aliphatic hydroxyl groups is 1. The maximum Gasteiger partial charge on any atom is 0.174 e. The van der Waals surface area contributed by atoms with Crippen molar-refractivity contribution in [2.24, 2.45) is 11.8 Å². The van der Waals surface area contributed by atoms with E-state index >= 15 is 0 Å². The Morgan fingerprint density at radius 2 is 1.87 bits per heavy atom. The number of aliphatic hydroxyl groups excluding tert-OH is 1. The number of hydrogen-bond acceptors (Lipinski definition) is 6. The molecule has 1 N–H and O–H groups in total. The number of hydrogen-bond donors (Lipinski definition) is 1. The maximum atomic E-state index is 13.0. The second-order valence-corrected chi connectivity index (χ2v) is 9.30. The summed E-state index contributed by atoms with van der Waals surface area (Å²) in [5, 5.41) is 7.00. The van der Waals surface area contributed by atoms with E-state index in [1.54, 1.807) is 17.7 Å². The predicted octanol–water partition coefficient (Wildman–Crippen LogP) is 7.06. The summed E-state index contributed by atoms with van der Waals surface area (Å²) >= 11 is 0. The largest absolute Gasteiger partial charge is 0.457 e. The molecule has 2 aromatic rings. The van der Waals surface area contributed by atoms with Gasteiger partial charge in [0.15, 0.2) is 5.78 Å². The molecule has 6 heteroatoms. The molecule has 0 amide bonds. The first-order valence-electron chi connectivity index (χ1n) is 10.7. The average Bonchev–Trinajstić information content (AvgIpc) is 3.25. The van der Waals surface area contributed by atoms with Crippen LogP contribution in [0.2, 0.25) is 0 Å². The molecule has 0 radical (unpaired) electrons. The molecular formula is C25H36O4S2. The Morgan fingerprint density at radius 3 is 2.45 bits per heavy atom. The van der Waals surface area contributed by atoms with Crippen LogP contribution in [0.5, 0.6) is 0 Å². The highest BCUT2D eigenvalue weighted by molar-refractivity contribution is 8.78. The lowest BCUT2D eigenvalue weighted by atomic mass is 9.83. The van der Waals surface area contributed by atoms with Gasteiger partial charge in [0.1, 0.15) is 17.3 Å². The van der Waals surface area contributed by atoms with Crippen molar-refractivity contribution in [2.75, 3.05) is 12.9 Å². The van der Waals surface area contributed by atoms with Crippen LogP contribution in [0.1, 0.15) is 53.3 Å². The van der Waals surface area contributed by atoms with Gasteiger partial charge in [0.2, 0.25) is 0 Å². The number of carbonyl (C=O) groups is 2. The van der Waals surface area contributed by atoms with E-state index < -0.39 is 0 Å². The van der Waals surface area contributed by atoms with Gasteiger partial charge in [-0.05, 0) is 38.5 Å². The first-order valence-corrected chi connectivity index (χ1v) is 13.0. The number of carbonyl (C=O) groups excluding carboxylic acids is 2. The lowest BCUT2D eigenvalue weighted by molar-refractivity contribution is -0.128. The topological polar surface area (TPSA) is 67.5 Å². The van der Waals surface area contributed by atoms with Crippen LogP contribution in [-0.4, -0.2) is 29.5 Å². The summed E-state index contributed by atoms with van der Waals surface area (Å²) in [6.07, 6.45) is 3.48. The zero-order valence-electron chi connectivity index (χ0n) is 19.3. The molecule has 172 valence electrons. The molecule has 1 aromatic carbocycles. The highest BCUT2D eigenvalue weighted by Crippen LogP contribution is 2.43. The molecule has 0 bridgehead atoms. The highest BCUT2D eigenvalue weighted by atomic mass is 33.1. The van der Waals surface area contributed by atoms with Crippen molar-refractivity contribution >= 4 is 39.2 Å². The minimum atomic E-state index is -0.230. The molecule has 2 unspecified atom stereocenters. The van der Waals surface area contributed by atoms with Crippen molar-refractivity contribution in [1.82, 2.24) is 0 Å². The van der Waals surface area contributed by atoms with Gasteiger partial charge in [-0.2, -0.15) is 0 Å². The quantitative estimate of drug-likeness (QED) is 0.364. The Bertz CT molecular complexity index is 859. The smallest absolute Gasteiger partial charge is 0.174 e. The van der Waals surface area contributed by atoms with Crippen molar-refractivity contribution in [2.45, 2.75) is 47.5 Å². The predicted molar refractivity (Wildman–Crippen MR) is 136 cm³/mol. The number of Topliss-reactive ketones (excluding diaryl/α,β-unsaturated/α-hetero) is 2. The minimum Gasteiger partial charge on any atom is -0.457 e. The monoisotopic (exact) mass is 464 g/mol. The van der Waals surface area contributed by atoms with E-state index in [0.29, 0.717) is 16.4 Å². The van der Waals surface area contributed by atoms with Crippen molar-refractivity contribution < 1.29 is 20.5 Å². The van der Waals surface area contributed by atoms with E-state index in [9.17, 15) is 9.59 Å². The number of benzene rings is 1. The van der Waals surface area contributed by atoms with E-state index in [4.69, 9.17) is 9.52 Å². The molecule has 31 heavy (non-hydrogen) atoms. The molecule has 0 aliphatic carbocycles. The normalized spacial score (nSPS) is 17.8. The fourth-order valence-corrected chi connectivity index (χ4v) is 5.83. The summed E-state index contributed by atoms with van der Waals surface area (Å²) in [5.74, 6) is 1.91. The van der Waals surface area contributed by atoms with E-state index in [1.807, 2.05) is 56.3 Å². The second-order valence-electron chi connectivity index (χ2n) is 6.92. The third kappa shape index (κ3) is 7.70. The fourth-order valence-electron chi connectivity index (χ4n) is 3.30. The Hall–Kier alpha value is -1.76. The van der Waals surface area contributed by atoms with Gasteiger partial charge in [-0.15, -0.1) is 0 Å². The van der Waals surface area contributed by atoms with E-state index in [0.717, 1.165) is 31.3 Å². The van der Waals surface area contributed by atoms with Gasteiger partial charge < -0.3 is 9.52 Å². The van der Waals surface area contributed by atoms with Crippen LogP contribution < -0.4 is 0 Å². The maximum absolute atomic E-state index is 13.0. The molecule has 0 saturated carbocycles. The van der Waals surface area contributed by atoms with E-state index in [-0.39, 0.29) is 24.8 Å². The summed E-state index contributed by atoms with van der Waals surface area (Å²) in [4.78, 5) is 25.7. The summed E-state index contributed by atoms with van der Waals surface area (Å²) in [7, 11) is 4.13. The molecule has 4 nitrogen and oxygen atoms in total. The van der Waals surface area contributed by atoms with Gasteiger partial charge in [0.25, 0.3) is 0 Å². The van der Waals surface area contributed by atoms with Gasteiger partial charge in [-0.3, -0.25) is 9.59 Å². The second kappa shape index (κ2) is 14.3. The standard InChI is InChI=1S/C22H24O3S2.C2H6.CH4O.H2/c1-4-5-18(15(3)23)19-13-26-27-21(22(19)24)12-17-10-11-20(25-17)16-8-6-14(2)7-9-16;2*1-2;/h6-12,18-19H,4-5,13H2,1-3H3;1-2H3;2H,1H3;1H/b21-12+;;;. The molecule has 1 aliphatic heterocycles. The van der Waals surface area contributed by atoms with Crippen LogP contribution in [-0.2, 0) is 9.59 Å². The summed E-state index contributed by atoms with van der Waals surface area (Å²) < 4.78 is 5.93. The average molecular weight is 465 g/mol. The van der Waals surface area contributed by atoms with Gasteiger partial charge >= 0.3 is 0 Å². The third-order valence-corrected chi connectivity index (χ3v) is 7.23. The fraction of sp³-hybridized carbons (Fsp3) is 0.440. The summed E-state index contributed by atoms with van der Waals surface area (Å²) in [6.45, 7) is 9.70. The molecule has 1 fully saturated rings. The molecule has 0 spiro atoms. The Labute approximate surface area is 195 Å². The van der Waals surface area contributed by atoms with Gasteiger partial charge in [-0.1, -0.05) is 78.6 Å². The third-order valence-electron chi connectivity index (χ3n) is 4.82. The SMILES string of the molecule is CC.CCCC(C(C)=O)C1CSS/C(=C/c2ccc(-c3ccc(C)cc3)o2)C1=O.CO.[HH]. The van der Waals surface area contributed by atoms with Crippen LogP contribution in [0.25, 0.3) is 17.4 Å². The van der Waals surface area contributed by atoms with Crippen LogP contribution >= 0.6 is 21.6 Å². The molecule has 1 aromatic heterocycles. The molecule has 1 saturated heterocycles. The molecule has 1 aliphatic rings.